The van der Waals surface area contributed by atoms with E-state index in [4.69, 9.17) is 4.74 Å². The number of carbonyl (C=O) groups is 1. The normalized spacial score (nSPS) is 15.2. The highest BCUT2D eigenvalue weighted by molar-refractivity contribution is 5.71. The van der Waals surface area contributed by atoms with Gasteiger partial charge in [-0.3, -0.25) is 14.6 Å². The van der Waals surface area contributed by atoms with Gasteiger partial charge in [-0.25, -0.2) is 9.97 Å². The van der Waals surface area contributed by atoms with Crippen LogP contribution in [0.1, 0.15) is 5.56 Å². The number of piperazine rings is 1. The standard InChI is InChI=1S/C20H28N6O2/c1-16-4-3-5-17(12-16)24-19-13-18(22-15-23-19)21-6-7-25-8-10-26(11-9-25)14-20(27)28-2/h3-5,12-13,15H,6-11,14H2,1-2H3,(H2,21,22,23,24). The Bertz CT molecular complexity index is 777. The first-order valence-electron chi connectivity index (χ1n) is 9.53. The molecule has 8 nitrogen and oxygen atoms in total. The molecule has 2 heterocycles. The predicted octanol–water partition coefficient (Wildman–Crippen LogP) is 1.73. The minimum absolute atomic E-state index is 0.172. The molecule has 2 aromatic rings. The number of rotatable bonds is 8. The molecule has 2 N–H and O–H groups in total. The summed E-state index contributed by atoms with van der Waals surface area (Å²) in [6, 6.07) is 10.1. The highest BCUT2D eigenvalue weighted by Crippen LogP contribution is 2.17. The van der Waals surface area contributed by atoms with Crippen LogP contribution >= 0.6 is 0 Å². The number of aryl methyl sites for hydroxylation is 1. The monoisotopic (exact) mass is 384 g/mol. The lowest BCUT2D eigenvalue weighted by molar-refractivity contribution is -0.142. The van der Waals surface area contributed by atoms with Crippen LogP contribution in [0, 0.1) is 6.92 Å². The topological polar surface area (TPSA) is 82.6 Å². The molecule has 1 aromatic carbocycles. The van der Waals surface area contributed by atoms with E-state index in [1.54, 1.807) is 6.33 Å². The Labute approximate surface area is 165 Å². The van der Waals surface area contributed by atoms with Gasteiger partial charge in [-0.15, -0.1) is 0 Å². The molecular weight excluding hydrogens is 356 g/mol. The highest BCUT2D eigenvalue weighted by Gasteiger charge is 2.18. The number of esters is 1. The Kier molecular flexibility index (Phi) is 7.16. The first-order chi connectivity index (χ1) is 13.6. The van der Waals surface area contributed by atoms with Crippen LogP contribution in [0.4, 0.5) is 17.3 Å². The third kappa shape index (κ3) is 6.17. The van der Waals surface area contributed by atoms with E-state index in [0.29, 0.717) is 6.54 Å². The summed E-state index contributed by atoms with van der Waals surface area (Å²) >= 11 is 0. The van der Waals surface area contributed by atoms with Crippen LogP contribution in [-0.2, 0) is 9.53 Å². The zero-order chi connectivity index (χ0) is 19.8. The van der Waals surface area contributed by atoms with E-state index in [0.717, 1.165) is 56.6 Å². The summed E-state index contributed by atoms with van der Waals surface area (Å²) in [5.41, 5.74) is 2.21. The van der Waals surface area contributed by atoms with Gasteiger partial charge >= 0.3 is 5.97 Å². The molecule has 1 saturated heterocycles. The van der Waals surface area contributed by atoms with E-state index >= 15 is 0 Å². The molecule has 1 aliphatic heterocycles. The summed E-state index contributed by atoms with van der Waals surface area (Å²) in [6.45, 7) is 7.83. The number of carbonyl (C=O) groups excluding carboxylic acids is 1. The molecular formula is C20H28N6O2. The molecule has 0 atom stereocenters. The number of nitrogens with one attached hydrogen (secondary N) is 2. The molecule has 0 saturated carbocycles. The average molecular weight is 384 g/mol. The van der Waals surface area contributed by atoms with Crippen LogP contribution in [0.25, 0.3) is 0 Å². The number of hydrogen-bond acceptors (Lipinski definition) is 8. The molecule has 0 bridgehead atoms. The SMILES string of the molecule is COC(=O)CN1CCN(CCNc2cc(Nc3cccc(C)c3)ncn2)CC1. The molecule has 3 rings (SSSR count). The molecule has 1 aromatic heterocycles. The number of hydrogen-bond donors (Lipinski definition) is 2. The molecule has 1 fully saturated rings. The van der Waals surface area contributed by atoms with E-state index in [-0.39, 0.29) is 5.97 Å². The second kappa shape index (κ2) is 10.0. The fourth-order valence-corrected chi connectivity index (χ4v) is 3.15. The van der Waals surface area contributed by atoms with Crippen molar-refractivity contribution < 1.29 is 9.53 Å². The second-order valence-electron chi connectivity index (χ2n) is 6.90. The van der Waals surface area contributed by atoms with Crippen molar-refractivity contribution in [1.29, 1.82) is 0 Å². The van der Waals surface area contributed by atoms with Gasteiger partial charge in [0.1, 0.15) is 18.0 Å². The van der Waals surface area contributed by atoms with Gasteiger partial charge in [0.2, 0.25) is 0 Å². The van der Waals surface area contributed by atoms with Gasteiger partial charge in [-0.1, -0.05) is 12.1 Å². The lowest BCUT2D eigenvalue weighted by Crippen LogP contribution is -2.49. The summed E-state index contributed by atoms with van der Waals surface area (Å²) in [4.78, 5) is 24.4. The van der Waals surface area contributed by atoms with E-state index in [2.05, 4.69) is 49.5 Å². The Morgan fingerprint density at radius 2 is 1.86 bits per heavy atom. The largest absolute Gasteiger partial charge is 0.468 e. The van der Waals surface area contributed by atoms with Crippen LogP contribution in [0.3, 0.4) is 0 Å². The predicted molar refractivity (Wildman–Crippen MR) is 110 cm³/mol. The molecule has 0 spiro atoms. The number of anilines is 3. The Balaban J connectivity index is 1.41. The van der Waals surface area contributed by atoms with Crippen LogP contribution in [-0.4, -0.2) is 78.7 Å². The number of methoxy groups -OCH3 is 1. The third-order valence-corrected chi connectivity index (χ3v) is 4.74. The second-order valence-corrected chi connectivity index (χ2v) is 6.90. The molecule has 0 amide bonds. The lowest BCUT2D eigenvalue weighted by Gasteiger charge is -2.33. The van der Waals surface area contributed by atoms with E-state index in [1.165, 1.54) is 12.7 Å². The minimum atomic E-state index is -0.172. The average Bonchev–Trinajstić information content (AvgIpc) is 2.69. The van der Waals surface area contributed by atoms with Crippen LogP contribution in [0.2, 0.25) is 0 Å². The third-order valence-electron chi connectivity index (χ3n) is 4.74. The smallest absolute Gasteiger partial charge is 0.319 e. The summed E-state index contributed by atoms with van der Waals surface area (Å²) < 4.78 is 4.73. The van der Waals surface area contributed by atoms with Gasteiger partial charge < -0.3 is 15.4 Å². The highest BCUT2D eigenvalue weighted by atomic mass is 16.5. The summed E-state index contributed by atoms with van der Waals surface area (Å²) in [6.07, 6.45) is 1.56. The summed E-state index contributed by atoms with van der Waals surface area (Å²) in [5.74, 6) is 1.39. The van der Waals surface area contributed by atoms with Crippen molar-refractivity contribution >= 4 is 23.3 Å². The van der Waals surface area contributed by atoms with Crippen molar-refractivity contribution in [2.75, 3.05) is 63.6 Å². The Morgan fingerprint density at radius 3 is 2.61 bits per heavy atom. The maximum atomic E-state index is 11.3. The zero-order valence-electron chi connectivity index (χ0n) is 16.5. The van der Waals surface area contributed by atoms with Crippen molar-refractivity contribution in [3.63, 3.8) is 0 Å². The minimum Gasteiger partial charge on any atom is -0.468 e. The van der Waals surface area contributed by atoms with Crippen LogP contribution < -0.4 is 10.6 Å². The first-order valence-corrected chi connectivity index (χ1v) is 9.53. The molecule has 0 unspecified atom stereocenters. The molecule has 8 heteroatoms. The Hall–Kier alpha value is -2.71. The van der Waals surface area contributed by atoms with Gasteiger partial charge in [0.05, 0.1) is 13.7 Å². The van der Waals surface area contributed by atoms with Gasteiger partial charge in [0.25, 0.3) is 0 Å². The molecule has 1 aliphatic rings. The first kappa shape index (κ1) is 20.0. The van der Waals surface area contributed by atoms with Crippen molar-refractivity contribution in [2.24, 2.45) is 0 Å². The molecule has 28 heavy (non-hydrogen) atoms. The van der Waals surface area contributed by atoms with E-state index in [9.17, 15) is 4.79 Å². The van der Waals surface area contributed by atoms with Crippen molar-refractivity contribution in [3.05, 3.63) is 42.2 Å². The zero-order valence-corrected chi connectivity index (χ0v) is 16.5. The molecule has 150 valence electrons. The maximum Gasteiger partial charge on any atom is 0.319 e. The van der Waals surface area contributed by atoms with Gasteiger partial charge in [-0.05, 0) is 24.6 Å². The number of nitrogens with zero attached hydrogens (tertiary/aromatic N) is 4. The van der Waals surface area contributed by atoms with Crippen LogP contribution in [0.15, 0.2) is 36.7 Å². The van der Waals surface area contributed by atoms with Crippen molar-refractivity contribution in [2.45, 2.75) is 6.92 Å². The number of aromatic nitrogens is 2. The number of ether oxygens (including phenoxy) is 1. The van der Waals surface area contributed by atoms with E-state index in [1.807, 2.05) is 18.2 Å². The molecule has 0 radical (unpaired) electrons. The van der Waals surface area contributed by atoms with Gasteiger partial charge in [0.15, 0.2) is 0 Å². The van der Waals surface area contributed by atoms with Crippen molar-refractivity contribution in [1.82, 2.24) is 19.8 Å². The van der Waals surface area contributed by atoms with Gasteiger partial charge in [-0.2, -0.15) is 0 Å². The van der Waals surface area contributed by atoms with E-state index < -0.39 is 0 Å². The lowest BCUT2D eigenvalue weighted by atomic mass is 10.2. The fraction of sp³-hybridized carbons (Fsp3) is 0.450. The van der Waals surface area contributed by atoms with Crippen LogP contribution in [0.5, 0.6) is 0 Å². The summed E-state index contributed by atoms with van der Waals surface area (Å²) in [7, 11) is 1.43. The fourth-order valence-electron chi connectivity index (χ4n) is 3.15. The Morgan fingerprint density at radius 1 is 1.11 bits per heavy atom. The summed E-state index contributed by atoms with van der Waals surface area (Å²) in [5, 5.41) is 6.67. The quantitative estimate of drug-likeness (QED) is 0.666. The number of benzene rings is 1. The maximum absolute atomic E-state index is 11.3. The van der Waals surface area contributed by atoms with Crippen molar-refractivity contribution in [3.8, 4) is 0 Å². The molecule has 0 aliphatic carbocycles. The van der Waals surface area contributed by atoms with Gasteiger partial charge in [0, 0.05) is 51.0 Å².